The Morgan fingerprint density at radius 3 is 2.90 bits per heavy atom. The standard InChI is InChI=1S/C17H28N2O/c1-4-9-18-13-17(2,3)14-19-10-11-20-16-8-6-5-7-15(16)12-19/h5-8,18H,4,9-14H2,1-3H3. The molecule has 0 amide bonds. The summed E-state index contributed by atoms with van der Waals surface area (Å²) in [7, 11) is 0. The second-order valence-electron chi connectivity index (χ2n) is 6.51. The molecule has 0 saturated heterocycles. The van der Waals surface area contributed by atoms with E-state index in [0.29, 0.717) is 0 Å². The average molecular weight is 276 g/mol. The normalized spacial score (nSPS) is 16.4. The van der Waals surface area contributed by atoms with Gasteiger partial charge in [-0.2, -0.15) is 0 Å². The van der Waals surface area contributed by atoms with Crippen molar-refractivity contribution in [1.29, 1.82) is 0 Å². The summed E-state index contributed by atoms with van der Waals surface area (Å²) in [4.78, 5) is 2.51. The number of nitrogens with zero attached hydrogens (tertiary/aromatic N) is 1. The van der Waals surface area contributed by atoms with Crippen LogP contribution in [-0.4, -0.2) is 37.7 Å². The molecule has 0 spiro atoms. The Bertz CT molecular complexity index is 417. The summed E-state index contributed by atoms with van der Waals surface area (Å²) >= 11 is 0. The summed E-state index contributed by atoms with van der Waals surface area (Å²) < 4.78 is 5.83. The highest BCUT2D eigenvalue weighted by Crippen LogP contribution is 2.25. The van der Waals surface area contributed by atoms with Gasteiger partial charge in [0.15, 0.2) is 0 Å². The molecular weight excluding hydrogens is 248 g/mol. The lowest BCUT2D eigenvalue weighted by molar-refractivity contribution is 0.155. The van der Waals surface area contributed by atoms with E-state index in [1.165, 1.54) is 12.0 Å². The van der Waals surface area contributed by atoms with Gasteiger partial charge in [0.2, 0.25) is 0 Å². The van der Waals surface area contributed by atoms with Gasteiger partial charge in [0, 0.05) is 31.7 Å². The van der Waals surface area contributed by atoms with Gasteiger partial charge in [-0.05, 0) is 24.4 Å². The van der Waals surface area contributed by atoms with E-state index >= 15 is 0 Å². The van der Waals surface area contributed by atoms with Gasteiger partial charge in [0.25, 0.3) is 0 Å². The molecule has 1 heterocycles. The van der Waals surface area contributed by atoms with Crippen molar-refractivity contribution in [2.45, 2.75) is 33.7 Å². The first-order valence-corrected chi connectivity index (χ1v) is 7.74. The van der Waals surface area contributed by atoms with Crippen LogP contribution >= 0.6 is 0 Å². The van der Waals surface area contributed by atoms with Gasteiger partial charge in [-0.15, -0.1) is 0 Å². The van der Waals surface area contributed by atoms with Crippen LogP contribution in [0.3, 0.4) is 0 Å². The molecule has 0 aliphatic carbocycles. The number of rotatable bonds is 6. The Morgan fingerprint density at radius 2 is 2.10 bits per heavy atom. The fourth-order valence-corrected chi connectivity index (χ4v) is 2.78. The summed E-state index contributed by atoms with van der Waals surface area (Å²) in [5, 5.41) is 3.54. The van der Waals surface area contributed by atoms with E-state index in [9.17, 15) is 0 Å². The van der Waals surface area contributed by atoms with Crippen LogP contribution in [0.2, 0.25) is 0 Å². The summed E-state index contributed by atoms with van der Waals surface area (Å²) in [6, 6.07) is 8.40. The number of fused-ring (bicyclic) bond motifs is 1. The lowest BCUT2D eigenvalue weighted by Crippen LogP contribution is -2.41. The summed E-state index contributed by atoms with van der Waals surface area (Å²) in [6.45, 7) is 13.0. The number of hydrogen-bond acceptors (Lipinski definition) is 3. The first-order chi connectivity index (χ1) is 9.61. The number of ether oxygens (including phenoxy) is 1. The van der Waals surface area contributed by atoms with E-state index in [1.807, 2.05) is 6.07 Å². The van der Waals surface area contributed by atoms with Crippen LogP contribution in [0.5, 0.6) is 5.75 Å². The van der Waals surface area contributed by atoms with Crippen molar-refractivity contribution in [3.63, 3.8) is 0 Å². The second kappa shape index (κ2) is 7.09. The van der Waals surface area contributed by atoms with Crippen molar-refractivity contribution in [2.75, 3.05) is 32.8 Å². The van der Waals surface area contributed by atoms with Gasteiger partial charge in [-0.3, -0.25) is 4.90 Å². The molecule has 3 heteroatoms. The Balaban J connectivity index is 1.93. The lowest BCUT2D eigenvalue weighted by atomic mass is 9.92. The molecule has 20 heavy (non-hydrogen) atoms. The van der Waals surface area contributed by atoms with Crippen LogP contribution in [0, 0.1) is 5.41 Å². The van der Waals surface area contributed by atoms with E-state index in [2.05, 4.69) is 49.2 Å². The van der Waals surface area contributed by atoms with Crippen LogP contribution in [0.25, 0.3) is 0 Å². The van der Waals surface area contributed by atoms with Gasteiger partial charge in [-0.1, -0.05) is 39.0 Å². The van der Waals surface area contributed by atoms with E-state index in [4.69, 9.17) is 4.74 Å². The van der Waals surface area contributed by atoms with Crippen LogP contribution in [0.1, 0.15) is 32.8 Å². The van der Waals surface area contributed by atoms with Gasteiger partial charge in [-0.25, -0.2) is 0 Å². The highest BCUT2D eigenvalue weighted by molar-refractivity contribution is 5.33. The quantitative estimate of drug-likeness (QED) is 0.809. The number of benzene rings is 1. The Labute approximate surface area is 123 Å². The third kappa shape index (κ3) is 4.50. The molecule has 0 bridgehead atoms. The number of hydrogen-bond donors (Lipinski definition) is 1. The lowest BCUT2D eigenvalue weighted by Gasteiger charge is -2.32. The fraction of sp³-hybridized carbons (Fsp3) is 0.647. The molecule has 2 rings (SSSR count). The number of nitrogens with one attached hydrogen (secondary N) is 1. The summed E-state index contributed by atoms with van der Waals surface area (Å²) in [5.74, 6) is 1.05. The van der Waals surface area contributed by atoms with E-state index < -0.39 is 0 Å². The maximum Gasteiger partial charge on any atom is 0.123 e. The average Bonchev–Trinajstić information content (AvgIpc) is 2.59. The Kier molecular flexibility index (Phi) is 5.44. The van der Waals surface area contributed by atoms with Crippen LogP contribution < -0.4 is 10.1 Å². The number of para-hydroxylation sites is 1. The minimum absolute atomic E-state index is 0.286. The molecule has 1 aliphatic rings. The fourth-order valence-electron chi connectivity index (χ4n) is 2.78. The van der Waals surface area contributed by atoms with Crippen molar-refractivity contribution in [3.05, 3.63) is 29.8 Å². The molecule has 0 saturated carbocycles. The van der Waals surface area contributed by atoms with E-state index in [1.54, 1.807) is 0 Å². The maximum atomic E-state index is 5.83. The molecule has 1 aliphatic heterocycles. The predicted molar refractivity (Wildman–Crippen MR) is 84.2 cm³/mol. The molecular formula is C17H28N2O. The van der Waals surface area contributed by atoms with Gasteiger partial charge in [0.1, 0.15) is 12.4 Å². The second-order valence-corrected chi connectivity index (χ2v) is 6.51. The third-order valence-corrected chi connectivity index (χ3v) is 3.71. The summed E-state index contributed by atoms with van der Waals surface area (Å²) in [5.41, 5.74) is 1.59. The highest BCUT2D eigenvalue weighted by atomic mass is 16.5. The first-order valence-electron chi connectivity index (χ1n) is 7.74. The van der Waals surface area contributed by atoms with Crippen molar-refractivity contribution in [2.24, 2.45) is 5.41 Å². The van der Waals surface area contributed by atoms with Crippen LogP contribution in [0.15, 0.2) is 24.3 Å². The molecule has 0 unspecified atom stereocenters. The minimum atomic E-state index is 0.286. The van der Waals surface area contributed by atoms with Crippen molar-refractivity contribution in [3.8, 4) is 5.75 Å². The Morgan fingerprint density at radius 1 is 1.30 bits per heavy atom. The predicted octanol–water partition coefficient (Wildman–Crippen LogP) is 2.91. The van der Waals surface area contributed by atoms with Gasteiger partial charge < -0.3 is 10.1 Å². The SMILES string of the molecule is CCCNCC(C)(C)CN1CCOc2ccccc2C1. The largest absolute Gasteiger partial charge is 0.492 e. The van der Waals surface area contributed by atoms with Crippen LogP contribution in [-0.2, 0) is 6.54 Å². The molecule has 0 fully saturated rings. The first kappa shape index (κ1) is 15.3. The van der Waals surface area contributed by atoms with E-state index in [-0.39, 0.29) is 5.41 Å². The monoisotopic (exact) mass is 276 g/mol. The Hall–Kier alpha value is -1.06. The zero-order chi connectivity index (χ0) is 14.4. The molecule has 1 N–H and O–H groups in total. The maximum absolute atomic E-state index is 5.83. The summed E-state index contributed by atoms with van der Waals surface area (Å²) in [6.07, 6.45) is 1.20. The molecule has 3 nitrogen and oxygen atoms in total. The molecule has 0 aromatic heterocycles. The third-order valence-electron chi connectivity index (χ3n) is 3.71. The zero-order valence-corrected chi connectivity index (χ0v) is 13.1. The van der Waals surface area contributed by atoms with Gasteiger partial charge >= 0.3 is 0 Å². The molecule has 1 aromatic carbocycles. The van der Waals surface area contributed by atoms with Gasteiger partial charge in [0.05, 0.1) is 0 Å². The van der Waals surface area contributed by atoms with Crippen molar-refractivity contribution in [1.82, 2.24) is 10.2 Å². The molecule has 112 valence electrons. The molecule has 0 atom stereocenters. The van der Waals surface area contributed by atoms with Crippen molar-refractivity contribution < 1.29 is 4.74 Å². The molecule has 1 aromatic rings. The topological polar surface area (TPSA) is 24.5 Å². The molecule has 0 radical (unpaired) electrons. The van der Waals surface area contributed by atoms with Crippen LogP contribution in [0.4, 0.5) is 0 Å². The highest BCUT2D eigenvalue weighted by Gasteiger charge is 2.23. The van der Waals surface area contributed by atoms with Crippen molar-refractivity contribution >= 4 is 0 Å². The minimum Gasteiger partial charge on any atom is -0.492 e. The van der Waals surface area contributed by atoms with E-state index in [0.717, 1.165) is 45.1 Å². The smallest absolute Gasteiger partial charge is 0.123 e. The zero-order valence-electron chi connectivity index (χ0n) is 13.1.